The largest absolute Gasteiger partial charge is 0.497 e. The molecule has 3 rings (SSSR count). The number of methoxy groups -OCH3 is 2. The number of carbonyl (C=O) groups is 1. The SMILES string of the molecule is COc1cc(OC)cc(C2=N/C(=C/c3ccc(N(C)C)cc3)C(=O)N2)c1. The zero-order valence-electron chi connectivity index (χ0n) is 15.2. The Bertz CT molecular complexity index is 861. The topological polar surface area (TPSA) is 63.2 Å². The minimum atomic E-state index is -0.238. The Morgan fingerprint density at radius 1 is 1.00 bits per heavy atom. The molecule has 0 radical (unpaired) electrons. The standard InChI is InChI=1S/C20H21N3O3/c1-23(2)15-7-5-13(6-8-15)9-18-20(24)22-19(21-18)14-10-16(25-3)12-17(11-14)26-4/h5-12H,1-4H3,(H,21,22,24)/b18-9+. The Hall–Kier alpha value is -3.28. The van der Waals surface area contributed by atoms with Gasteiger partial charge in [-0.05, 0) is 35.9 Å². The Balaban J connectivity index is 1.91. The number of hydrogen-bond acceptors (Lipinski definition) is 5. The summed E-state index contributed by atoms with van der Waals surface area (Å²) in [6.07, 6.45) is 1.76. The van der Waals surface area contributed by atoms with Gasteiger partial charge >= 0.3 is 0 Å². The fourth-order valence-corrected chi connectivity index (χ4v) is 2.58. The highest BCUT2D eigenvalue weighted by atomic mass is 16.5. The second kappa shape index (κ2) is 7.31. The van der Waals surface area contributed by atoms with Gasteiger partial charge in [0.1, 0.15) is 23.0 Å². The van der Waals surface area contributed by atoms with Crippen LogP contribution in [0, 0.1) is 0 Å². The number of anilines is 1. The third-order valence-corrected chi connectivity index (χ3v) is 4.03. The fourth-order valence-electron chi connectivity index (χ4n) is 2.58. The van der Waals surface area contributed by atoms with E-state index in [-0.39, 0.29) is 5.91 Å². The van der Waals surface area contributed by atoms with Gasteiger partial charge in [0.15, 0.2) is 0 Å². The predicted octanol–water partition coefficient (Wildman–Crippen LogP) is 2.69. The summed E-state index contributed by atoms with van der Waals surface area (Å²) in [5, 5.41) is 2.80. The molecule has 0 aromatic heterocycles. The van der Waals surface area contributed by atoms with E-state index >= 15 is 0 Å². The molecule has 2 aromatic rings. The number of benzene rings is 2. The van der Waals surface area contributed by atoms with E-state index in [1.54, 1.807) is 38.5 Å². The Labute approximate surface area is 152 Å². The van der Waals surface area contributed by atoms with Crippen molar-refractivity contribution in [1.29, 1.82) is 0 Å². The second-order valence-corrected chi connectivity index (χ2v) is 6.03. The lowest BCUT2D eigenvalue weighted by Gasteiger charge is -2.11. The number of nitrogens with one attached hydrogen (secondary N) is 1. The minimum absolute atomic E-state index is 0.238. The van der Waals surface area contributed by atoms with Crippen molar-refractivity contribution in [3.8, 4) is 11.5 Å². The number of ether oxygens (including phenoxy) is 2. The van der Waals surface area contributed by atoms with Gasteiger partial charge in [-0.3, -0.25) is 4.79 Å². The Morgan fingerprint density at radius 2 is 1.62 bits per heavy atom. The van der Waals surface area contributed by atoms with Crippen LogP contribution >= 0.6 is 0 Å². The molecule has 0 saturated carbocycles. The van der Waals surface area contributed by atoms with Crippen molar-refractivity contribution in [2.45, 2.75) is 0 Å². The zero-order valence-corrected chi connectivity index (χ0v) is 15.2. The number of nitrogens with zero attached hydrogens (tertiary/aromatic N) is 2. The number of aliphatic imine (C=N–C) groups is 1. The van der Waals surface area contributed by atoms with Crippen LogP contribution in [-0.4, -0.2) is 40.1 Å². The third kappa shape index (κ3) is 3.69. The first-order valence-corrected chi connectivity index (χ1v) is 8.12. The van der Waals surface area contributed by atoms with Crippen molar-refractivity contribution < 1.29 is 14.3 Å². The molecule has 1 aliphatic heterocycles. The summed E-state index contributed by atoms with van der Waals surface area (Å²) in [5.41, 5.74) is 3.09. The Morgan fingerprint density at radius 3 is 2.15 bits per heavy atom. The van der Waals surface area contributed by atoms with Crippen molar-refractivity contribution in [2.75, 3.05) is 33.2 Å². The first kappa shape index (κ1) is 17.5. The molecule has 0 bridgehead atoms. The van der Waals surface area contributed by atoms with Crippen LogP contribution in [0.3, 0.4) is 0 Å². The van der Waals surface area contributed by atoms with Crippen molar-refractivity contribution in [3.05, 3.63) is 59.3 Å². The van der Waals surface area contributed by atoms with Crippen LogP contribution in [0.25, 0.3) is 6.08 Å². The molecule has 1 N–H and O–H groups in total. The van der Waals surface area contributed by atoms with Crippen molar-refractivity contribution in [3.63, 3.8) is 0 Å². The lowest BCUT2D eigenvalue weighted by atomic mass is 10.1. The smallest absolute Gasteiger partial charge is 0.275 e. The molecule has 6 nitrogen and oxygen atoms in total. The second-order valence-electron chi connectivity index (χ2n) is 6.03. The molecule has 26 heavy (non-hydrogen) atoms. The summed E-state index contributed by atoms with van der Waals surface area (Å²) in [6, 6.07) is 13.3. The van der Waals surface area contributed by atoms with Crippen LogP contribution in [0.2, 0.25) is 0 Å². The molecular formula is C20H21N3O3. The molecule has 0 aliphatic carbocycles. The average molecular weight is 351 g/mol. The summed E-state index contributed by atoms with van der Waals surface area (Å²) < 4.78 is 10.5. The van der Waals surface area contributed by atoms with Gasteiger partial charge in [0.25, 0.3) is 5.91 Å². The zero-order chi connectivity index (χ0) is 18.7. The van der Waals surface area contributed by atoms with E-state index in [9.17, 15) is 4.79 Å². The molecule has 1 aliphatic rings. The van der Waals surface area contributed by atoms with Crippen molar-refractivity contribution in [1.82, 2.24) is 5.32 Å². The first-order valence-electron chi connectivity index (χ1n) is 8.12. The monoisotopic (exact) mass is 351 g/mol. The van der Waals surface area contributed by atoms with Crippen LogP contribution in [0.1, 0.15) is 11.1 Å². The first-order chi connectivity index (χ1) is 12.5. The number of hydrogen-bond donors (Lipinski definition) is 1. The van der Waals surface area contributed by atoms with Gasteiger partial charge in [0, 0.05) is 31.4 Å². The van der Waals surface area contributed by atoms with Gasteiger partial charge < -0.3 is 19.7 Å². The maximum absolute atomic E-state index is 12.3. The number of rotatable bonds is 5. The van der Waals surface area contributed by atoms with E-state index in [1.807, 2.05) is 43.3 Å². The number of amides is 1. The molecule has 134 valence electrons. The van der Waals surface area contributed by atoms with Crippen LogP contribution in [0.15, 0.2) is 53.2 Å². The molecule has 0 atom stereocenters. The van der Waals surface area contributed by atoms with E-state index in [1.165, 1.54) is 0 Å². The van der Waals surface area contributed by atoms with Crippen LogP contribution in [0.4, 0.5) is 5.69 Å². The molecule has 0 saturated heterocycles. The molecule has 1 amide bonds. The molecule has 2 aromatic carbocycles. The van der Waals surface area contributed by atoms with Crippen LogP contribution in [-0.2, 0) is 4.79 Å². The molecule has 6 heteroatoms. The molecular weight excluding hydrogens is 330 g/mol. The number of amidine groups is 1. The molecule has 0 unspecified atom stereocenters. The van der Waals surface area contributed by atoms with Gasteiger partial charge in [-0.25, -0.2) is 4.99 Å². The third-order valence-electron chi connectivity index (χ3n) is 4.03. The highest BCUT2D eigenvalue weighted by Gasteiger charge is 2.22. The van der Waals surface area contributed by atoms with Gasteiger partial charge in [-0.1, -0.05) is 12.1 Å². The maximum atomic E-state index is 12.3. The molecule has 0 spiro atoms. The molecule has 1 heterocycles. The lowest BCUT2D eigenvalue weighted by molar-refractivity contribution is -0.115. The summed E-state index contributed by atoms with van der Waals surface area (Å²) in [6.45, 7) is 0. The highest BCUT2D eigenvalue weighted by Crippen LogP contribution is 2.25. The van der Waals surface area contributed by atoms with Crippen molar-refractivity contribution >= 4 is 23.5 Å². The predicted molar refractivity (Wildman–Crippen MR) is 103 cm³/mol. The quantitative estimate of drug-likeness (QED) is 0.842. The fraction of sp³-hybridized carbons (Fsp3) is 0.200. The highest BCUT2D eigenvalue weighted by molar-refractivity contribution is 6.20. The maximum Gasteiger partial charge on any atom is 0.275 e. The van der Waals surface area contributed by atoms with Gasteiger partial charge in [-0.15, -0.1) is 0 Å². The van der Waals surface area contributed by atoms with Crippen molar-refractivity contribution in [2.24, 2.45) is 4.99 Å². The van der Waals surface area contributed by atoms with E-state index in [0.29, 0.717) is 23.0 Å². The average Bonchev–Trinajstić information content (AvgIpc) is 3.02. The van der Waals surface area contributed by atoms with E-state index in [2.05, 4.69) is 10.3 Å². The minimum Gasteiger partial charge on any atom is -0.497 e. The summed E-state index contributed by atoms with van der Waals surface area (Å²) in [5.74, 6) is 1.50. The normalized spacial score (nSPS) is 14.8. The molecule has 0 fully saturated rings. The number of carbonyl (C=O) groups excluding carboxylic acids is 1. The van der Waals surface area contributed by atoms with Gasteiger partial charge in [-0.2, -0.15) is 0 Å². The van der Waals surface area contributed by atoms with E-state index < -0.39 is 0 Å². The summed E-state index contributed by atoms with van der Waals surface area (Å²) >= 11 is 0. The van der Waals surface area contributed by atoms with E-state index in [0.717, 1.165) is 16.8 Å². The Kier molecular flexibility index (Phi) is 4.93. The van der Waals surface area contributed by atoms with Gasteiger partial charge in [0.05, 0.1) is 14.2 Å². The lowest BCUT2D eigenvalue weighted by Crippen LogP contribution is -2.24. The van der Waals surface area contributed by atoms with Gasteiger partial charge in [0.2, 0.25) is 0 Å². The summed E-state index contributed by atoms with van der Waals surface area (Å²) in [7, 11) is 7.13. The van der Waals surface area contributed by atoms with Crippen LogP contribution in [0.5, 0.6) is 11.5 Å². The van der Waals surface area contributed by atoms with E-state index in [4.69, 9.17) is 9.47 Å². The summed E-state index contributed by atoms with van der Waals surface area (Å²) in [4.78, 5) is 18.7. The van der Waals surface area contributed by atoms with Crippen LogP contribution < -0.4 is 19.7 Å².